The number of aryl methyl sites for hydroxylation is 1. The van der Waals surface area contributed by atoms with E-state index >= 15 is 0 Å². The van der Waals surface area contributed by atoms with Crippen LogP contribution in [0.2, 0.25) is 0 Å². The highest BCUT2D eigenvalue weighted by Gasteiger charge is 2.25. The standard InChI is InChI=1S/C28H25N5O2/c1-20-7-12-27-30-23(18-32(27)16-20)19-35-25-10-8-21(9-11-25)28(34)31-14-13-26-22(17-31)15-29-33(26)24-5-3-2-4-6-24/h2-12,15-16,18H,13-14,17,19H2,1H3. The molecule has 0 spiro atoms. The summed E-state index contributed by atoms with van der Waals surface area (Å²) in [6.45, 7) is 3.65. The summed E-state index contributed by atoms with van der Waals surface area (Å²) in [4.78, 5) is 19.6. The molecule has 0 saturated heterocycles. The Hall–Kier alpha value is -4.39. The number of aromatic nitrogens is 4. The molecule has 0 N–H and O–H groups in total. The number of amides is 1. The van der Waals surface area contributed by atoms with Gasteiger partial charge in [-0.2, -0.15) is 5.10 Å². The van der Waals surface area contributed by atoms with Crippen LogP contribution in [0, 0.1) is 6.92 Å². The van der Waals surface area contributed by atoms with Crippen LogP contribution in [0.3, 0.4) is 0 Å². The number of ether oxygens (including phenoxy) is 1. The van der Waals surface area contributed by atoms with E-state index < -0.39 is 0 Å². The van der Waals surface area contributed by atoms with E-state index in [9.17, 15) is 4.79 Å². The summed E-state index contributed by atoms with van der Waals surface area (Å²) in [6, 6.07) is 21.5. The first kappa shape index (κ1) is 21.2. The van der Waals surface area contributed by atoms with Gasteiger partial charge in [-0.1, -0.05) is 24.3 Å². The van der Waals surface area contributed by atoms with Gasteiger partial charge in [0.15, 0.2) is 0 Å². The quantitative estimate of drug-likeness (QED) is 0.382. The summed E-state index contributed by atoms with van der Waals surface area (Å²) in [5, 5.41) is 4.57. The van der Waals surface area contributed by atoms with Gasteiger partial charge >= 0.3 is 0 Å². The van der Waals surface area contributed by atoms with Crippen molar-refractivity contribution in [3.63, 3.8) is 0 Å². The number of pyridine rings is 1. The van der Waals surface area contributed by atoms with Gasteiger partial charge in [-0.15, -0.1) is 0 Å². The van der Waals surface area contributed by atoms with E-state index in [0.717, 1.165) is 29.0 Å². The Kier molecular flexibility index (Phi) is 5.29. The molecule has 1 amide bonds. The fraction of sp³-hybridized carbons (Fsp3) is 0.179. The van der Waals surface area contributed by atoms with Crippen LogP contribution in [0.15, 0.2) is 85.3 Å². The van der Waals surface area contributed by atoms with Crippen LogP contribution in [0.5, 0.6) is 5.75 Å². The number of imidazole rings is 1. The molecule has 0 aliphatic carbocycles. The van der Waals surface area contributed by atoms with Crippen molar-refractivity contribution in [3.8, 4) is 11.4 Å². The minimum Gasteiger partial charge on any atom is -0.487 e. The Morgan fingerprint density at radius 1 is 1.00 bits per heavy atom. The Morgan fingerprint density at radius 3 is 2.66 bits per heavy atom. The van der Waals surface area contributed by atoms with Gasteiger partial charge in [0.1, 0.15) is 18.0 Å². The third-order valence-electron chi connectivity index (χ3n) is 6.36. The Balaban J connectivity index is 1.10. The SMILES string of the molecule is Cc1ccc2nc(COc3ccc(C(=O)N4CCc5c(cnn5-c5ccccc5)C4)cc3)cn2c1. The Labute approximate surface area is 203 Å². The zero-order chi connectivity index (χ0) is 23.8. The topological polar surface area (TPSA) is 64.7 Å². The molecule has 5 aromatic rings. The first-order valence-corrected chi connectivity index (χ1v) is 11.7. The summed E-state index contributed by atoms with van der Waals surface area (Å²) in [5.74, 6) is 0.727. The number of para-hydroxylation sites is 1. The molecule has 35 heavy (non-hydrogen) atoms. The van der Waals surface area contributed by atoms with Gasteiger partial charge in [-0.25, -0.2) is 9.67 Å². The number of carbonyl (C=O) groups is 1. The van der Waals surface area contributed by atoms with Crippen LogP contribution in [0.1, 0.15) is 32.9 Å². The number of hydrogen-bond donors (Lipinski definition) is 0. The van der Waals surface area contributed by atoms with Crippen LogP contribution in [-0.4, -0.2) is 36.5 Å². The average molecular weight is 464 g/mol. The fourth-order valence-corrected chi connectivity index (χ4v) is 4.56. The van der Waals surface area contributed by atoms with E-state index in [4.69, 9.17) is 4.74 Å². The number of hydrogen-bond acceptors (Lipinski definition) is 4. The van der Waals surface area contributed by atoms with Gasteiger partial charge in [0, 0.05) is 43.0 Å². The van der Waals surface area contributed by atoms with Crippen molar-refractivity contribution >= 4 is 11.6 Å². The molecule has 0 unspecified atom stereocenters. The molecule has 0 radical (unpaired) electrons. The van der Waals surface area contributed by atoms with E-state index in [1.165, 1.54) is 11.3 Å². The summed E-state index contributed by atoms with van der Waals surface area (Å²) in [7, 11) is 0. The van der Waals surface area contributed by atoms with Crippen molar-refractivity contribution in [3.05, 3.63) is 113 Å². The summed E-state index contributed by atoms with van der Waals surface area (Å²) < 4.78 is 9.89. The van der Waals surface area contributed by atoms with Gasteiger partial charge in [-0.3, -0.25) is 4.79 Å². The number of rotatable bonds is 5. The van der Waals surface area contributed by atoms with E-state index in [1.54, 1.807) is 0 Å². The van der Waals surface area contributed by atoms with Crippen molar-refractivity contribution in [2.24, 2.45) is 0 Å². The highest BCUT2D eigenvalue weighted by atomic mass is 16.5. The third kappa shape index (κ3) is 4.17. The van der Waals surface area contributed by atoms with Crippen molar-refractivity contribution < 1.29 is 9.53 Å². The van der Waals surface area contributed by atoms with E-state index in [1.807, 2.05) is 99.3 Å². The molecular weight excluding hydrogens is 438 g/mol. The molecule has 1 aliphatic rings. The molecular formula is C28H25N5O2. The number of fused-ring (bicyclic) bond motifs is 2. The maximum Gasteiger partial charge on any atom is 0.254 e. The molecule has 0 saturated carbocycles. The van der Waals surface area contributed by atoms with Gasteiger partial charge in [0.25, 0.3) is 5.91 Å². The second-order valence-electron chi connectivity index (χ2n) is 8.86. The Bertz CT molecular complexity index is 1500. The number of carbonyl (C=O) groups excluding carboxylic acids is 1. The first-order chi connectivity index (χ1) is 17.1. The molecule has 174 valence electrons. The summed E-state index contributed by atoms with van der Waals surface area (Å²) >= 11 is 0. The third-order valence-corrected chi connectivity index (χ3v) is 6.36. The first-order valence-electron chi connectivity index (χ1n) is 11.7. The van der Waals surface area contributed by atoms with Crippen LogP contribution in [0.25, 0.3) is 11.3 Å². The molecule has 6 rings (SSSR count). The molecule has 4 heterocycles. The van der Waals surface area contributed by atoms with Gasteiger partial charge in [-0.05, 0) is 55.0 Å². The molecule has 3 aromatic heterocycles. The van der Waals surface area contributed by atoms with Gasteiger partial charge < -0.3 is 14.0 Å². The largest absolute Gasteiger partial charge is 0.487 e. The van der Waals surface area contributed by atoms with Crippen molar-refractivity contribution in [1.29, 1.82) is 0 Å². The fourth-order valence-electron chi connectivity index (χ4n) is 4.56. The lowest BCUT2D eigenvalue weighted by molar-refractivity contribution is 0.0733. The normalized spacial score (nSPS) is 13.1. The second-order valence-corrected chi connectivity index (χ2v) is 8.86. The van der Waals surface area contributed by atoms with Crippen LogP contribution in [0.4, 0.5) is 0 Å². The van der Waals surface area contributed by atoms with Crippen molar-refractivity contribution in [2.45, 2.75) is 26.5 Å². The molecule has 7 nitrogen and oxygen atoms in total. The van der Waals surface area contributed by atoms with Crippen molar-refractivity contribution in [1.82, 2.24) is 24.1 Å². The van der Waals surface area contributed by atoms with Crippen LogP contribution >= 0.6 is 0 Å². The molecule has 7 heteroatoms. The molecule has 2 aromatic carbocycles. The van der Waals surface area contributed by atoms with E-state index in [0.29, 0.717) is 31.0 Å². The minimum atomic E-state index is 0.0189. The maximum atomic E-state index is 13.1. The predicted octanol–water partition coefficient (Wildman–Crippen LogP) is 4.61. The van der Waals surface area contributed by atoms with E-state index in [2.05, 4.69) is 17.0 Å². The summed E-state index contributed by atoms with van der Waals surface area (Å²) in [5.41, 5.74) is 6.90. The lowest BCUT2D eigenvalue weighted by Crippen LogP contribution is -2.36. The zero-order valence-corrected chi connectivity index (χ0v) is 19.5. The van der Waals surface area contributed by atoms with Crippen LogP contribution in [-0.2, 0) is 19.6 Å². The molecule has 0 fully saturated rings. The lowest BCUT2D eigenvalue weighted by Gasteiger charge is -2.27. The summed E-state index contributed by atoms with van der Waals surface area (Å²) in [6.07, 6.45) is 6.67. The lowest BCUT2D eigenvalue weighted by atomic mass is 10.1. The molecule has 0 atom stereocenters. The monoisotopic (exact) mass is 463 g/mol. The van der Waals surface area contributed by atoms with E-state index in [-0.39, 0.29) is 5.91 Å². The predicted molar refractivity (Wildman–Crippen MR) is 133 cm³/mol. The molecule has 0 bridgehead atoms. The number of nitrogens with zero attached hydrogens (tertiary/aromatic N) is 5. The van der Waals surface area contributed by atoms with Gasteiger partial charge in [0.2, 0.25) is 0 Å². The highest BCUT2D eigenvalue weighted by molar-refractivity contribution is 5.94. The van der Waals surface area contributed by atoms with Crippen molar-refractivity contribution in [2.75, 3.05) is 6.54 Å². The van der Waals surface area contributed by atoms with Gasteiger partial charge in [0.05, 0.1) is 23.3 Å². The smallest absolute Gasteiger partial charge is 0.254 e. The zero-order valence-electron chi connectivity index (χ0n) is 19.5. The maximum absolute atomic E-state index is 13.1. The average Bonchev–Trinajstić information content (AvgIpc) is 3.51. The molecule has 1 aliphatic heterocycles. The van der Waals surface area contributed by atoms with Crippen LogP contribution < -0.4 is 4.74 Å². The highest BCUT2D eigenvalue weighted by Crippen LogP contribution is 2.24. The minimum absolute atomic E-state index is 0.0189. The number of benzene rings is 2. The second kappa shape index (κ2) is 8.76. The Morgan fingerprint density at radius 2 is 1.83 bits per heavy atom.